The normalized spacial score (nSPS) is 10.7. The highest BCUT2D eigenvalue weighted by atomic mass is 32.1. The highest BCUT2D eigenvalue weighted by molar-refractivity contribution is 7.07. The molecule has 6 nitrogen and oxygen atoms in total. The Morgan fingerprint density at radius 2 is 1.80 bits per heavy atom. The first kappa shape index (κ1) is 19.8. The lowest BCUT2D eigenvalue weighted by Crippen LogP contribution is -2.25. The van der Waals surface area contributed by atoms with Crippen molar-refractivity contribution in [1.29, 1.82) is 0 Å². The van der Waals surface area contributed by atoms with Crippen molar-refractivity contribution in [3.05, 3.63) is 82.9 Å². The highest BCUT2D eigenvalue weighted by Crippen LogP contribution is 2.20. The van der Waals surface area contributed by atoms with E-state index in [0.717, 1.165) is 34.8 Å². The van der Waals surface area contributed by atoms with E-state index in [0.29, 0.717) is 19.1 Å². The van der Waals surface area contributed by atoms with Crippen LogP contribution in [0.1, 0.15) is 11.3 Å². The number of likely N-dealkylation sites (N-methyl/N-ethyl adjacent to an activating group) is 1. The molecule has 4 rings (SSSR count). The van der Waals surface area contributed by atoms with Crippen LogP contribution in [0.15, 0.2) is 71.7 Å². The molecule has 0 unspecified atom stereocenters. The average Bonchev–Trinajstić information content (AvgIpc) is 3.28. The minimum Gasteiger partial charge on any atom is -0.492 e. The SMILES string of the molecule is CN(CCOc1ccc(Cc2cscn2)cc1)c1nccc(-c2ccc(N)cc2)n1. The molecule has 152 valence electrons. The second kappa shape index (κ2) is 9.37. The molecular formula is C23H23N5OS. The molecule has 0 saturated heterocycles. The van der Waals surface area contributed by atoms with Gasteiger partial charge < -0.3 is 15.4 Å². The zero-order valence-corrected chi connectivity index (χ0v) is 17.5. The second-order valence-electron chi connectivity index (χ2n) is 6.93. The molecular weight excluding hydrogens is 394 g/mol. The molecule has 2 aromatic heterocycles. The van der Waals surface area contributed by atoms with Gasteiger partial charge in [-0.2, -0.15) is 0 Å². The van der Waals surface area contributed by atoms with Crippen LogP contribution in [-0.4, -0.2) is 35.2 Å². The monoisotopic (exact) mass is 417 g/mol. The Morgan fingerprint density at radius 1 is 1.00 bits per heavy atom. The van der Waals surface area contributed by atoms with Gasteiger partial charge in [-0.3, -0.25) is 0 Å². The van der Waals surface area contributed by atoms with E-state index in [1.54, 1.807) is 17.5 Å². The first-order valence-corrected chi connectivity index (χ1v) is 10.6. The molecule has 0 saturated carbocycles. The largest absolute Gasteiger partial charge is 0.492 e. The molecule has 4 aromatic rings. The Balaban J connectivity index is 1.31. The summed E-state index contributed by atoms with van der Waals surface area (Å²) in [7, 11) is 1.96. The van der Waals surface area contributed by atoms with Gasteiger partial charge in [0, 0.05) is 36.3 Å². The van der Waals surface area contributed by atoms with Gasteiger partial charge in [0.1, 0.15) is 12.4 Å². The lowest BCUT2D eigenvalue weighted by Gasteiger charge is -2.18. The van der Waals surface area contributed by atoms with Gasteiger partial charge in [-0.1, -0.05) is 24.3 Å². The van der Waals surface area contributed by atoms with Crippen LogP contribution in [-0.2, 0) is 6.42 Å². The van der Waals surface area contributed by atoms with Gasteiger partial charge in [0.2, 0.25) is 5.95 Å². The van der Waals surface area contributed by atoms with E-state index in [1.807, 2.05) is 59.9 Å². The number of hydrogen-bond donors (Lipinski definition) is 1. The van der Waals surface area contributed by atoms with Crippen LogP contribution in [0.2, 0.25) is 0 Å². The number of anilines is 2. The summed E-state index contributed by atoms with van der Waals surface area (Å²) < 4.78 is 5.89. The van der Waals surface area contributed by atoms with E-state index in [9.17, 15) is 0 Å². The summed E-state index contributed by atoms with van der Waals surface area (Å²) in [6.07, 6.45) is 2.61. The molecule has 7 heteroatoms. The van der Waals surface area contributed by atoms with Crippen LogP contribution in [0.25, 0.3) is 11.3 Å². The van der Waals surface area contributed by atoms with E-state index < -0.39 is 0 Å². The van der Waals surface area contributed by atoms with Gasteiger partial charge in [-0.05, 0) is 35.9 Å². The summed E-state index contributed by atoms with van der Waals surface area (Å²) in [4.78, 5) is 15.4. The number of nitrogen functional groups attached to an aromatic ring is 1. The minimum atomic E-state index is 0.539. The molecule has 0 radical (unpaired) electrons. The number of ether oxygens (including phenoxy) is 1. The zero-order valence-electron chi connectivity index (χ0n) is 16.7. The Kier molecular flexibility index (Phi) is 6.20. The fourth-order valence-electron chi connectivity index (χ4n) is 2.98. The number of rotatable bonds is 8. The Bertz CT molecular complexity index is 1070. The van der Waals surface area contributed by atoms with Crippen molar-refractivity contribution in [2.45, 2.75) is 6.42 Å². The molecule has 0 aliphatic rings. The standard InChI is InChI=1S/C23H23N5OS/c1-28(23-25-11-10-22(27-23)18-4-6-19(24)7-5-18)12-13-29-21-8-2-17(3-9-21)14-20-15-30-16-26-20/h2-11,15-16H,12-14,24H2,1H3. The van der Waals surface area contributed by atoms with E-state index in [1.165, 1.54) is 5.56 Å². The lowest BCUT2D eigenvalue weighted by atomic mass is 10.1. The Morgan fingerprint density at radius 3 is 2.53 bits per heavy atom. The third-order valence-electron chi connectivity index (χ3n) is 4.68. The van der Waals surface area contributed by atoms with Crippen LogP contribution in [0.5, 0.6) is 5.75 Å². The third-order valence-corrected chi connectivity index (χ3v) is 5.31. The van der Waals surface area contributed by atoms with Crippen LogP contribution >= 0.6 is 11.3 Å². The van der Waals surface area contributed by atoms with Crippen LogP contribution in [0.3, 0.4) is 0 Å². The number of nitrogens with zero attached hydrogens (tertiary/aromatic N) is 4. The minimum absolute atomic E-state index is 0.539. The summed E-state index contributed by atoms with van der Waals surface area (Å²) in [6, 6.07) is 17.7. The molecule has 0 fully saturated rings. The van der Waals surface area contributed by atoms with Crippen molar-refractivity contribution in [3.63, 3.8) is 0 Å². The topological polar surface area (TPSA) is 77.2 Å². The Hall–Kier alpha value is -3.45. The molecule has 0 aliphatic carbocycles. The smallest absolute Gasteiger partial charge is 0.225 e. The summed E-state index contributed by atoms with van der Waals surface area (Å²) in [5.74, 6) is 1.51. The van der Waals surface area contributed by atoms with Crippen LogP contribution in [0, 0.1) is 0 Å². The summed E-state index contributed by atoms with van der Waals surface area (Å²) in [5.41, 5.74) is 12.5. The van der Waals surface area contributed by atoms with Crippen molar-refractivity contribution >= 4 is 23.0 Å². The molecule has 0 atom stereocenters. The molecule has 0 spiro atoms. The first-order valence-electron chi connectivity index (χ1n) is 9.66. The molecule has 30 heavy (non-hydrogen) atoms. The van der Waals surface area contributed by atoms with Crippen LogP contribution in [0.4, 0.5) is 11.6 Å². The number of nitrogens with two attached hydrogens (primary N) is 1. The van der Waals surface area contributed by atoms with Crippen molar-refractivity contribution < 1.29 is 4.74 Å². The second-order valence-corrected chi connectivity index (χ2v) is 7.65. The van der Waals surface area contributed by atoms with Crippen molar-refractivity contribution in [2.24, 2.45) is 0 Å². The molecule has 0 aliphatic heterocycles. The zero-order chi connectivity index (χ0) is 20.8. The molecule has 0 amide bonds. The number of benzene rings is 2. The quantitative estimate of drug-likeness (QED) is 0.431. The van der Waals surface area contributed by atoms with Crippen LogP contribution < -0.4 is 15.4 Å². The van der Waals surface area contributed by atoms with Gasteiger partial charge in [0.15, 0.2) is 0 Å². The van der Waals surface area contributed by atoms with E-state index in [2.05, 4.69) is 32.5 Å². The fourth-order valence-corrected chi connectivity index (χ4v) is 3.54. The molecule has 0 bridgehead atoms. The van der Waals surface area contributed by atoms with E-state index >= 15 is 0 Å². The maximum atomic E-state index is 5.89. The predicted molar refractivity (Wildman–Crippen MR) is 122 cm³/mol. The molecule has 2 aromatic carbocycles. The summed E-state index contributed by atoms with van der Waals surface area (Å²) in [6.45, 7) is 1.21. The van der Waals surface area contributed by atoms with Crippen molar-refractivity contribution in [3.8, 4) is 17.0 Å². The number of hydrogen-bond acceptors (Lipinski definition) is 7. The average molecular weight is 418 g/mol. The predicted octanol–water partition coefficient (Wildman–Crippen LogP) is 4.29. The van der Waals surface area contributed by atoms with Gasteiger partial charge in [-0.25, -0.2) is 15.0 Å². The summed E-state index contributed by atoms with van der Waals surface area (Å²) >= 11 is 1.62. The first-order chi connectivity index (χ1) is 14.7. The van der Waals surface area contributed by atoms with Crippen molar-refractivity contribution in [2.75, 3.05) is 30.8 Å². The maximum absolute atomic E-state index is 5.89. The third kappa shape index (κ3) is 5.12. The lowest BCUT2D eigenvalue weighted by molar-refractivity contribution is 0.325. The Labute approximate surface area is 180 Å². The maximum Gasteiger partial charge on any atom is 0.225 e. The highest BCUT2D eigenvalue weighted by Gasteiger charge is 2.07. The molecule has 2 heterocycles. The summed E-state index contributed by atoms with van der Waals surface area (Å²) in [5, 5.41) is 2.07. The fraction of sp³-hybridized carbons (Fsp3) is 0.174. The van der Waals surface area contributed by atoms with E-state index in [4.69, 9.17) is 10.5 Å². The van der Waals surface area contributed by atoms with Crippen molar-refractivity contribution in [1.82, 2.24) is 15.0 Å². The van der Waals surface area contributed by atoms with Gasteiger partial charge in [-0.15, -0.1) is 11.3 Å². The van der Waals surface area contributed by atoms with E-state index in [-0.39, 0.29) is 0 Å². The molecule has 2 N–H and O–H groups in total. The number of thiazole rings is 1. The number of aromatic nitrogens is 3. The van der Waals surface area contributed by atoms with Gasteiger partial charge >= 0.3 is 0 Å². The van der Waals surface area contributed by atoms with Gasteiger partial charge in [0.25, 0.3) is 0 Å². The van der Waals surface area contributed by atoms with Gasteiger partial charge in [0.05, 0.1) is 23.4 Å².